The van der Waals surface area contributed by atoms with Gasteiger partial charge in [0.25, 0.3) is 0 Å². The summed E-state index contributed by atoms with van der Waals surface area (Å²) in [5, 5.41) is 0. The maximum absolute atomic E-state index is 11.9. The summed E-state index contributed by atoms with van der Waals surface area (Å²) in [6, 6.07) is 6.88. The van der Waals surface area contributed by atoms with Crippen LogP contribution < -0.4 is 0 Å². The Bertz CT molecular complexity index is 443. The first kappa shape index (κ1) is 20.5. The van der Waals surface area contributed by atoms with E-state index in [0.29, 0.717) is 38.6 Å². The highest BCUT2D eigenvalue weighted by molar-refractivity contribution is 5.89. The number of carbonyl (C=O) groups is 1. The number of hydrogen-bond donors (Lipinski definition) is 0. The Morgan fingerprint density at radius 2 is 1.38 bits per heavy atom. The smallest absolute Gasteiger partial charge is 0.338 e. The van der Waals surface area contributed by atoms with Gasteiger partial charge in [-0.3, -0.25) is 0 Å². The zero-order valence-electron chi connectivity index (χ0n) is 14.5. The fraction of sp³-hybridized carbons (Fsp3) is 0.588. The Labute approximate surface area is 142 Å². The second-order valence-electron chi connectivity index (χ2n) is 4.78. The highest BCUT2D eigenvalue weighted by atomic mass is 16.7. The van der Waals surface area contributed by atoms with Gasteiger partial charge in [0.1, 0.15) is 6.61 Å². The fourth-order valence-electron chi connectivity index (χ4n) is 1.89. The molecule has 0 amide bonds. The van der Waals surface area contributed by atoms with E-state index in [1.165, 1.54) is 0 Å². The van der Waals surface area contributed by atoms with Crippen molar-refractivity contribution in [2.45, 2.75) is 6.29 Å². The monoisotopic (exact) mass is 342 g/mol. The van der Waals surface area contributed by atoms with E-state index in [-0.39, 0.29) is 6.61 Å². The lowest BCUT2D eigenvalue weighted by atomic mass is 10.1. The third-order valence-corrected chi connectivity index (χ3v) is 3.11. The normalized spacial score (nSPS) is 11.0. The molecule has 1 rings (SSSR count). The molecule has 24 heavy (non-hydrogen) atoms. The average Bonchev–Trinajstić information content (AvgIpc) is 2.62. The number of rotatable bonds is 13. The number of hydrogen-bond acceptors (Lipinski definition) is 7. The van der Waals surface area contributed by atoms with Crippen molar-refractivity contribution >= 4 is 5.97 Å². The van der Waals surface area contributed by atoms with Crippen molar-refractivity contribution in [1.29, 1.82) is 0 Å². The van der Waals surface area contributed by atoms with Crippen molar-refractivity contribution in [3.05, 3.63) is 35.4 Å². The van der Waals surface area contributed by atoms with Gasteiger partial charge in [-0.25, -0.2) is 4.79 Å². The van der Waals surface area contributed by atoms with Crippen LogP contribution in [0.1, 0.15) is 22.2 Å². The second-order valence-corrected chi connectivity index (χ2v) is 4.78. The van der Waals surface area contributed by atoms with E-state index in [2.05, 4.69) is 0 Å². The third kappa shape index (κ3) is 7.85. The topological polar surface area (TPSA) is 72.5 Å². The summed E-state index contributed by atoms with van der Waals surface area (Å²) in [4.78, 5) is 11.9. The number of esters is 1. The molecular formula is C17H26O7. The van der Waals surface area contributed by atoms with Crippen LogP contribution in [0.3, 0.4) is 0 Å². The molecule has 0 saturated carbocycles. The van der Waals surface area contributed by atoms with Crippen molar-refractivity contribution in [3.63, 3.8) is 0 Å². The zero-order valence-corrected chi connectivity index (χ0v) is 14.5. The lowest BCUT2D eigenvalue weighted by molar-refractivity contribution is -0.106. The van der Waals surface area contributed by atoms with Gasteiger partial charge in [0, 0.05) is 26.9 Å². The van der Waals surface area contributed by atoms with Gasteiger partial charge in [-0.1, -0.05) is 12.1 Å². The molecule has 0 unspecified atom stereocenters. The molecular weight excluding hydrogens is 316 g/mol. The molecule has 0 aliphatic heterocycles. The number of benzene rings is 1. The second kappa shape index (κ2) is 12.9. The van der Waals surface area contributed by atoms with E-state index in [4.69, 9.17) is 28.4 Å². The molecule has 0 spiro atoms. The average molecular weight is 342 g/mol. The van der Waals surface area contributed by atoms with Crippen LogP contribution in [0, 0.1) is 0 Å². The third-order valence-electron chi connectivity index (χ3n) is 3.11. The van der Waals surface area contributed by atoms with Crippen LogP contribution in [0.4, 0.5) is 0 Å². The van der Waals surface area contributed by atoms with Gasteiger partial charge in [0.05, 0.1) is 38.6 Å². The lowest BCUT2D eigenvalue weighted by Crippen LogP contribution is -2.14. The number of carbonyl (C=O) groups excluding carboxylic acids is 1. The van der Waals surface area contributed by atoms with Crippen molar-refractivity contribution in [3.8, 4) is 0 Å². The van der Waals surface area contributed by atoms with Crippen LogP contribution in [0.15, 0.2) is 24.3 Å². The molecule has 136 valence electrons. The van der Waals surface area contributed by atoms with Gasteiger partial charge >= 0.3 is 5.97 Å². The number of ether oxygens (including phenoxy) is 6. The number of methoxy groups -OCH3 is 3. The summed E-state index contributed by atoms with van der Waals surface area (Å²) in [7, 11) is 4.73. The fourth-order valence-corrected chi connectivity index (χ4v) is 1.89. The summed E-state index contributed by atoms with van der Waals surface area (Å²) in [5.41, 5.74) is 1.29. The summed E-state index contributed by atoms with van der Waals surface area (Å²) in [6.45, 7) is 2.55. The molecule has 1 aromatic carbocycles. The molecule has 0 N–H and O–H groups in total. The van der Waals surface area contributed by atoms with Crippen molar-refractivity contribution < 1.29 is 33.2 Å². The van der Waals surface area contributed by atoms with E-state index in [9.17, 15) is 4.79 Å². The van der Waals surface area contributed by atoms with Crippen molar-refractivity contribution in [1.82, 2.24) is 0 Å². The van der Waals surface area contributed by atoms with Gasteiger partial charge in [0.2, 0.25) is 0 Å². The predicted octanol–water partition coefficient (Wildman–Crippen LogP) is 1.81. The quantitative estimate of drug-likeness (QED) is 0.307. The molecule has 0 radical (unpaired) electrons. The maximum Gasteiger partial charge on any atom is 0.338 e. The van der Waals surface area contributed by atoms with Crippen LogP contribution in [0.2, 0.25) is 0 Å². The predicted molar refractivity (Wildman–Crippen MR) is 87.0 cm³/mol. The Balaban J connectivity index is 2.19. The largest absolute Gasteiger partial charge is 0.460 e. The first-order valence-electron chi connectivity index (χ1n) is 7.70. The Kier molecular flexibility index (Phi) is 11.0. The van der Waals surface area contributed by atoms with Gasteiger partial charge in [-0.15, -0.1) is 0 Å². The van der Waals surface area contributed by atoms with Crippen LogP contribution in [-0.2, 0) is 28.4 Å². The Morgan fingerprint density at radius 3 is 1.92 bits per heavy atom. The van der Waals surface area contributed by atoms with Crippen molar-refractivity contribution in [2.75, 3.05) is 61.0 Å². The highest BCUT2D eigenvalue weighted by Crippen LogP contribution is 2.17. The Hall–Kier alpha value is -1.51. The van der Waals surface area contributed by atoms with Gasteiger partial charge < -0.3 is 28.4 Å². The van der Waals surface area contributed by atoms with Crippen LogP contribution >= 0.6 is 0 Å². The van der Waals surface area contributed by atoms with E-state index >= 15 is 0 Å². The molecule has 0 heterocycles. The summed E-state index contributed by atoms with van der Waals surface area (Å²) in [5.74, 6) is -0.395. The molecule has 7 nitrogen and oxygen atoms in total. The molecule has 1 aromatic rings. The van der Waals surface area contributed by atoms with E-state index in [1.54, 1.807) is 45.6 Å². The summed E-state index contributed by atoms with van der Waals surface area (Å²) < 4.78 is 30.8. The summed E-state index contributed by atoms with van der Waals surface area (Å²) >= 11 is 0. The maximum atomic E-state index is 11.9. The molecule has 0 aliphatic rings. The summed E-state index contributed by atoms with van der Waals surface area (Å²) in [6.07, 6.45) is -0.449. The van der Waals surface area contributed by atoms with Crippen LogP contribution in [-0.4, -0.2) is 66.9 Å². The molecule has 0 bridgehead atoms. The zero-order chi connectivity index (χ0) is 17.6. The molecule has 0 fully saturated rings. The molecule has 7 heteroatoms. The molecule has 0 atom stereocenters. The Morgan fingerprint density at radius 1 is 0.833 bits per heavy atom. The van der Waals surface area contributed by atoms with Crippen molar-refractivity contribution in [2.24, 2.45) is 0 Å². The highest BCUT2D eigenvalue weighted by Gasteiger charge is 2.11. The van der Waals surface area contributed by atoms with Gasteiger partial charge in [-0.2, -0.15) is 0 Å². The molecule has 0 aliphatic carbocycles. The minimum Gasteiger partial charge on any atom is -0.460 e. The van der Waals surface area contributed by atoms with Crippen LogP contribution in [0.25, 0.3) is 0 Å². The van der Waals surface area contributed by atoms with E-state index in [1.807, 2.05) is 0 Å². The molecule has 0 aromatic heterocycles. The van der Waals surface area contributed by atoms with Gasteiger partial charge in [0.15, 0.2) is 6.29 Å². The lowest BCUT2D eigenvalue weighted by Gasteiger charge is -2.13. The van der Waals surface area contributed by atoms with E-state index in [0.717, 1.165) is 5.56 Å². The minimum atomic E-state index is -0.449. The SMILES string of the molecule is COCCOCCOCCOC(=O)c1ccc(C(OC)OC)cc1. The van der Waals surface area contributed by atoms with Gasteiger partial charge in [-0.05, 0) is 12.1 Å². The minimum absolute atomic E-state index is 0.192. The first-order valence-corrected chi connectivity index (χ1v) is 7.70. The van der Waals surface area contributed by atoms with Crippen LogP contribution in [0.5, 0.6) is 0 Å². The first-order chi connectivity index (χ1) is 11.7. The standard InChI is InChI=1S/C17H26O7/c1-19-8-9-22-10-11-23-12-13-24-16(18)14-4-6-15(7-5-14)17(20-2)21-3/h4-7,17H,8-13H2,1-3H3. The van der Waals surface area contributed by atoms with E-state index < -0.39 is 12.3 Å². The molecule has 0 saturated heterocycles.